The van der Waals surface area contributed by atoms with E-state index in [1.54, 1.807) is 0 Å². The number of aromatic nitrogens is 2. The van der Waals surface area contributed by atoms with Gasteiger partial charge in [-0.05, 0) is 57.4 Å². The molecule has 0 spiro atoms. The van der Waals surface area contributed by atoms with Crippen molar-refractivity contribution in [2.24, 2.45) is 5.73 Å². The molecule has 4 rings (SSSR count). The minimum atomic E-state index is -0.641. The number of halogens is 1. The Kier molecular flexibility index (Phi) is 7.75. The third-order valence-electron chi connectivity index (χ3n) is 6.63. The first-order valence-electron chi connectivity index (χ1n) is 12.0. The smallest absolute Gasteiger partial charge is 0.271 e. The van der Waals surface area contributed by atoms with Gasteiger partial charge in [-0.1, -0.05) is 18.5 Å². The summed E-state index contributed by atoms with van der Waals surface area (Å²) < 4.78 is 0. The minimum Gasteiger partial charge on any atom is -0.393 e. The Bertz CT molecular complexity index is 1020. The van der Waals surface area contributed by atoms with Crippen LogP contribution in [0.5, 0.6) is 0 Å². The number of aliphatic hydroxyl groups is 1. The molecule has 0 atom stereocenters. The number of carbonyl (C=O) groups excluding carboxylic acids is 1. The SMILES string of the molecule is CCc1nc(C(N)=O)c(Nc2ccc(N3CCN(C)CC3)c(Cl)c2)nc1N[C@H]1CC[C@H](O)CC1. The van der Waals surface area contributed by atoms with E-state index in [1.165, 1.54) is 0 Å². The predicted octanol–water partition coefficient (Wildman–Crippen LogP) is 3.00. The lowest BCUT2D eigenvalue weighted by Crippen LogP contribution is -2.44. The third kappa shape index (κ3) is 5.71. The van der Waals surface area contributed by atoms with E-state index in [-0.39, 0.29) is 17.8 Å². The number of primary amides is 1. The second kappa shape index (κ2) is 10.8. The number of amides is 1. The topological polar surface area (TPSA) is 120 Å². The van der Waals surface area contributed by atoms with Crippen LogP contribution in [0.15, 0.2) is 18.2 Å². The molecule has 5 N–H and O–H groups in total. The number of anilines is 4. The van der Waals surface area contributed by atoms with Gasteiger partial charge in [-0.3, -0.25) is 4.79 Å². The van der Waals surface area contributed by atoms with E-state index in [9.17, 15) is 9.90 Å². The standard InChI is InChI=1S/C24H34ClN7O2/c1-3-19-23(27-15-4-7-17(33)8-5-15)30-24(21(29-19)22(26)34)28-16-6-9-20(18(25)14-16)32-12-10-31(2)11-13-32/h6,9,14-15,17,33H,3-5,7-8,10-13H2,1-2H3,(H2,26,34)(H2,27,28,30)/t15-,17-. The van der Waals surface area contributed by atoms with E-state index in [1.807, 2.05) is 25.1 Å². The fourth-order valence-electron chi connectivity index (χ4n) is 4.53. The lowest BCUT2D eigenvalue weighted by Gasteiger charge is -2.34. The van der Waals surface area contributed by atoms with Gasteiger partial charge in [0.15, 0.2) is 11.5 Å². The van der Waals surface area contributed by atoms with Gasteiger partial charge in [0.2, 0.25) is 0 Å². The highest BCUT2D eigenvalue weighted by molar-refractivity contribution is 6.33. The summed E-state index contributed by atoms with van der Waals surface area (Å²) in [5.74, 6) is 0.292. The van der Waals surface area contributed by atoms with Crippen molar-refractivity contribution in [1.29, 1.82) is 0 Å². The first-order valence-corrected chi connectivity index (χ1v) is 12.4. The number of hydrogen-bond donors (Lipinski definition) is 4. The second-order valence-electron chi connectivity index (χ2n) is 9.17. The number of rotatable bonds is 7. The maximum absolute atomic E-state index is 12.2. The van der Waals surface area contributed by atoms with Gasteiger partial charge in [0.25, 0.3) is 5.91 Å². The number of carbonyl (C=O) groups is 1. The fraction of sp³-hybridized carbons (Fsp3) is 0.542. The van der Waals surface area contributed by atoms with Crippen LogP contribution >= 0.6 is 11.6 Å². The lowest BCUT2D eigenvalue weighted by molar-refractivity contribution is 0.0996. The number of nitrogens with zero attached hydrogens (tertiary/aromatic N) is 4. The van der Waals surface area contributed by atoms with E-state index in [4.69, 9.17) is 22.3 Å². The van der Waals surface area contributed by atoms with Crippen LogP contribution in [-0.4, -0.2) is 71.3 Å². The van der Waals surface area contributed by atoms with Gasteiger partial charge in [0.05, 0.1) is 22.5 Å². The van der Waals surface area contributed by atoms with Crippen molar-refractivity contribution in [3.05, 3.63) is 34.6 Å². The summed E-state index contributed by atoms with van der Waals surface area (Å²) in [7, 11) is 2.12. The van der Waals surface area contributed by atoms with Crippen molar-refractivity contribution in [3.63, 3.8) is 0 Å². The molecule has 0 radical (unpaired) electrons. The average molecular weight is 488 g/mol. The van der Waals surface area contributed by atoms with Gasteiger partial charge in [-0.25, -0.2) is 9.97 Å². The molecular weight excluding hydrogens is 454 g/mol. The van der Waals surface area contributed by atoms with Gasteiger partial charge in [-0.15, -0.1) is 0 Å². The number of benzene rings is 1. The maximum Gasteiger partial charge on any atom is 0.271 e. The highest BCUT2D eigenvalue weighted by atomic mass is 35.5. The van der Waals surface area contributed by atoms with Gasteiger partial charge in [0, 0.05) is 37.9 Å². The van der Waals surface area contributed by atoms with Crippen molar-refractivity contribution in [1.82, 2.24) is 14.9 Å². The number of aliphatic hydroxyl groups excluding tert-OH is 1. The molecule has 0 unspecified atom stereocenters. The second-order valence-corrected chi connectivity index (χ2v) is 9.57. The van der Waals surface area contributed by atoms with E-state index < -0.39 is 5.91 Å². The van der Waals surface area contributed by atoms with Gasteiger partial charge >= 0.3 is 0 Å². The molecular formula is C24H34ClN7O2. The van der Waals surface area contributed by atoms with Crippen LogP contribution in [0.3, 0.4) is 0 Å². The third-order valence-corrected chi connectivity index (χ3v) is 6.93. The Labute approximate surface area is 205 Å². The molecule has 2 aromatic rings. The summed E-state index contributed by atoms with van der Waals surface area (Å²) in [5.41, 5.74) is 8.12. The van der Waals surface area contributed by atoms with Crippen molar-refractivity contribution in [2.45, 2.75) is 51.2 Å². The Morgan fingerprint density at radius 3 is 2.47 bits per heavy atom. The fourth-order valence-corrected chi connectivity index (χ4v) is 4.83. The Morgan fingerprint density at radius 1 is 1.15 bits per heavy atom. The summed E-state index contributed by atoms with van der Waals surface area (Å²) in [6.07, 6.45) is 3.61. The van der Waals surface area contributed by atoms with E-state index in [2.05, 4.69) is 32.5 Å². The van der Waals surface area contributed by atoms with Crippen LogP contribution in [0.1, 0.15) is 48.8 Å². The molecule has 9 nitrogen and oxygen atoms in total. The maximum atomic E-state index is 12.2. The summed E-state index contributed by atoms with van der Waals surface area (Å²) in [6, 6.07) is 5.95. The molecule has 2 fully saturated rings. The number of nitrogens with two attached hydrogens (primary N) is 1. The van der Waals surface area contributed by atoms with Gasteiger partial charge in [-0.2, -0.15) is 0 Å². The summed E-state index contributed by atoms with van der Waals surface area (Å²) in [4.78, 5) is 26.0. The zero-order valence-electron chi connectivity index (χ0n) is 19.9. The highest BCUT2D eigenvalue weighted by Crippen LogP contribution is 2.32. The Hall–Kier alpha value is -2.62. The number of likely N-dealkylation sites (N-methyl/N-ethyl adjacent to an activating group) is 1. The van der Waals surface area contributed by atoms with Gasteiger partial charge in [0.1, 0.15) is 5.82 Å². The van der Waals surface area contributed by atoms with Crippen molar-refractivity contribution in [3.8, 4) is 0 Å². The molecule has 1 aromatic carbocycles. The first kappa shape index (κ1) is 24.5. The van der Waals surface area contributed by atoms with Gasteiger partial charge < -0.3 is 31.3 Å². The highest BCUT2D eigenvalue weighted by Gasteiger charge is 2.23. The van der Waals surface area contributed by atoms with Crippen LogP contribution in [0.25, 0.3) is 0 Å². The summed E-state index contributed by atoms with van der Waals surface area (Å²) in [5, 5.41) is 17.1. The number of nitrogens with one attached hydrogen (secondary N) is 2. The Balaban J connectivity index is 1.57. The van der Waals surface area contributed by atoms with Crippen molar-refractivity contribution in [2.75, 3.05) is 48.8 Å². The van der Waals surface area contributed by atoms with Crippen molar-refractivity contribution >= 4 is 40.5 Å². The molecule has 1 saturated heterocycles. The van der Waals surface area contributed by atoms with E-state index in [0.29, 0.717) is 34.5 Å². The zero-order chi connectivity index (χ0) is 24.2. The molecule has 0 bridgehead atoms. The van der Waals surface area contributed by atoms with Crippen LogP contribution in [0.2, 0.25) is 5.02 Å². The van der Waals surface area contributed by atoms with Crippen LogP contribution in [0.4, 0.5) is 23.0 Å². The molecule has 1 aromatic heterocycles. The normalized spacial score (nSPS) is 21.4. The van der Waals surface area contributed by atoms with Crippen LogP contribution in [-0.2, 0) is 6.42 Å². The molecule has 1 saturated carbocycles. The van der Waals surface area contributed by atoms with Crippen LogP contribution in [0, 0.1) is 0 Å². The monoisotopic (exact) mass is 487 g/mol. The first-order chi connectivity index (χ1) is 16.3. The zero-order valence-corrected chi connectivity index (χ0v) is 20.6. The minimum absolute atomic E-state index is 0.0979. The number of piperazine rings is 1. The summed E-state index contributed by atoms with van der Waals surface area (Å²) in [6.45, 7) is 5.80. The quantitative estimate of drug-likeness (QED) is 0.470. The van der Waals surface area contributed by atoms with Crippen LogP contribution < -0.4 is 21.3 Å². The summed E-state index contributed by atoms with van der Waals surface area (Å²) >= 11 is 6.63. The number of aryl methyl sites for hydroxylation is 1. The molecule has 2 aliphatic rings. The number of hydrogen-bond acceptors (Lipinski definition) is 8. The molecule has 184 valence electrons. The molecule has 1 amide bonds. The largest absolute Gasteiger partial charge is 0.393 e. The molecule has 2 heterocycles. The Morgan fingerprint density at radius 2 is 1.85 bits per heavy atom. The predicted molar refractivity (Wildman–Crippen MR) is 136 cm³/mol. The van der Waals surface area contributed by atoms with Crippen molar-refractivity contribution < 1.29 is 9.90 Å². The molecule has 10 heteroatoms. The molecule has 1 aliphatic heterocycles. The average Bonchev–Trinajstić information content (AvgIpc) is 2.81. The molecule has 34 heavy (non-hydrogen) atoms. The van der Waals surface area contributed by atoms with E-state index >= 15 is 0 Å². The lowest BCUT2D eigenvalue weighted by atomic mass is 9.93. The van der Waals surface area contributed by atoms with E-state index in [0.717, 1.165) is 57.5 Å². The molecule has 1 aliphatic carbocycles.